The van der Waals surface area contributed by atoms with E-state index in [1.165, 1.54) is 4.90 Å². The molecule has 1 atom stereocenters. The van der Waals surface area contributed by atoms with Gasteiger partial charge in [-0.3, -0.25) is 9.59 Å². The van der Waals surface area contributed by atoms with E-state index in [-0.39, 0.29) is 18.3 Å². The molecule has 5 nitrogen and oxygen atoms in total. The third-order valence-electron chi connectivity index (χ3n) is 3.25. The molecule has 0 bridgehead atoms. The molecular formula is C14H17ClN2O3. The van der Waals surface area contributed by atoms with E-state index >= 15 is 0 Å². The number of carbonyl (C=O) groups is 2. The van der Waals surface area contributed by atoms with Crippen LogP contribution in [0.15, 0.2) is 24.3 Å². The molecule has 0 saturated carbocycles. The highest BCUT2D eigenvalue weighted by atomic mass is 35.5. The minimum Gasteiger partial charge on any atom is -0.477 e. The molecule has 1 aromatic rings. The number of alkyl halides is 1. The number of hydrogen-bond acceptors (Lipinski definition) is 3. The molecule has 0 saturated heterocycles. The summed E-state index contributed by atoms with van der Waals surface area (Å²) in [5.74, 6) is -0.0937. The number of carbonyl (C=O) groups excluding carboxylic acids is 2. The summed E-state index contributed by atoms with van der Waals surface area (Å²) >= 11 is 5.86. The van der Waals surface area contributed by atoms with Crippen LogP contribution in [-0.4, -0.2) is 30.3 Å². The average molecular weight is 297 g/mol. The number of primary amides is 1. The smallest absolute Gasteiger partial charge is 0.260 e. The summed E-state index contributed by atoms with van der Waals surface area (Å²) in [7, 11) is 0. The molecule has 2 amide bonds. The largest absolute Gasteiger partial charge is 0.477 e. The Morgan fingerprint density at radius 1 is 1.45 bits per heavy atom. The van der Waals surface area contributed by atoms with Gasteiger partial charge in [-0.15, -0.1) is 11.6 Å². The van der Waals surface area contributed by atoms with Gasteiger partial charge in [-0.1, -0.05) is 12.1 Å². The predicted octanol–water partition coefficient (Wildman–Crippen LogP) is 1.53. The van der Waals surface area contributed by atoms with Gasteiger partial charge in [-0.2, -0.15) is 0 Å². The van der Waals surface area contributed by atoms with Gasteiger partial charge in [0.1, 0.15) is 5.75 Å². The second-order valence-corrected chi connectivity index (χ2v) is 5.68. The molecule has 0 spiro atoms. The number of nitrogens with two attached hydrogens (primary N) is 1. The zero-order valence-electron chi connectivity index (χ0n) is 11.4. The van der Waals surface area contributed by atoms with E-state index in [2.05, 4.69) is 0 Å². The lowest BCUT2D eigenvalue weighted by Crippen LogP contribution is -2.52. The van der Waals surface area contributed by atoms with Gasteiger partial charge in [-0.05, 0) is 26.0 Å². The molecule has 20 heavy (non-hydrogen) atoms. The Kier molecular flexibility index (Phi) is 3.90. The van der Waals surface area contributed by atoms with Gasteiger partial charge in [0.05, 0.1) is 17.6 Å². The number of ether oxygens (including phenoxy) is 1. The Hall–Kier alpha value is -1.75. The Balaban J connectivity index is 2.41. The van der Waals surface area contributed by atoms with Gasteiger partial charge in [0.2, 0.25) is 5.91 Å². The molecule has 6 heteroatoms. The van der Waals surface area contributed by atoms with Crippen LogP contribution < -0.4 is 15.4 Å². The summed E-state index contributed by atoms with van der Waals surface area (Å²) in [6.07, 6.45) is -0.847. The summed E-state index contributed by atoms with van der Waals surface area (Å²) in [5.41, 5.74) is 5.20. The number of hydrogen-bond donors (Lipinski definition) is 1. The summed E-state index contributed by atoms with van der Waals surface area (Å²) in [4.78, 5) is 25.5. The topological polar surface area (TPSA) is 72.6 Å². The first kappa shape index (κ1) is 14.7. The van der Waals surface area contributed by atoms with Crippen LogP contribution in [0.25, 0.3) is 0 Å². The van der Waals surface area contributed by atoms with Crippen molar-refractivity contribution in [2.75, 3.05) is 17.3 Å². The molecule has 0 fully saturated rings. The van der Waals surface area contributed by atoms with Crippen molar-refractivity contribution >= 4 is 29.1 Å². The lowest BCUT2D eigenvalue weighted by molar-refractivity contribution is -0.128. The summed E-state index contributed by atoms with van der Waals surface area (Å²) in [6.45, 7) is 3.63. The molecule has 1 aromatic carbocycles. The van der Waals surface area contributed by atoms with E-state index in [0.717, 1.165) is 0 Å². The number of benzene rings is 1. The van der Waals surface area contributed by atoms with E-state index in [1.54, 1.807) is 38.1 Å². The van der Waals surface area contributed by atoms with Crippen LogP contribution in [0.1, 0.15) is 13.8 Å². The maximum Gasteiger partial charge on any atom is 0.260 e. The molecule has 1 aliphatic heterocycles. The monoisotopic (exact) mass is 296 g/mol. The van der Waals surface area contributed by atoms with E-state index < -0.39 is 17.4 Å². The summed E-state index contributed by atoms with van der Waals surface area (Å²) < 4.78 is 5.52. The van der Waals surface area contributed by atoms with Crippen LogP contribution in [0, 0.1) is 5.41 Å². The van der Waals surface area contributed by atoms with Crippen LogP contribution in [-0.2, 0) is 9.59 Å². The lowest BCUT2D eigenvalue weighted by atomic mass is 9.93. The second-order valence-electron chi connectivity index (χ2n) is 5.41. The fraction of sp³-hybridized carbons (Fsp3) is 0.429. The first-order valence-electron chi connectivity index (χ1n) is 6.30. The number of halogens is 1. The first-order valence-corrected chi connectivity index (χ1v) is 6.83. The van der Waals surface area contributed by atoms with Crippen LogP contribution >= 0.6 is 11.6 Å². The van der Waals surface area contributed by atoms with Crippen LogP contribution in [0.5, 0.6) is 5.75 Å². The molecule has 108 valence electrons. The fourth-order valence-corrected chi connectivity index (χ4v) is 2.11. The van der Waals surface area contributed by atoms with Gasteiger partial charge < -0.3 is 15.4 Å². The number of para-hydroxylation sites is 2. The summed E-state index contributed by atoms with van der Waals surface area (Å²) in [5, 5.41) is 0. The zero-order chi connectivity index (χ0) is 14.9. The number of rotatable bonds is 3. The quantitative estimate of drug-likeness (QED) is 0.860. The van der Waals surface area contributed by atoms with E-state index in [1.807, 2.05) is 0 Å². The van der Waals surface area contributed by atoms with Gasteiger partial charge in [0.15, 0.2) is 6.10 Å². The Labute approximate surface area is 122 Å². The standard InChI is InChI=1S/C14H17ClN2O3/c1-14(2,8-15)13(19)17-7-11(12(16)18)20-10-6-4-3-5-9(10)17/h3-6,11H,7-8H2,1-2H3,(H2,16,18). The van der Waals surface area contributed by atoms with Crippen LogP contribution in [0.2, 0.25) is 0 Å². The van der Waals surface area contributed by atoms with E-state index in [0.29, 0.717) is 11.4 Å². The molecular weight excluding hydrogens is 280 g/mol. The second kappa shape index (κ2) is 5.32. The van der Waals surface area contributed by atoms with Crippen molar-refractivity contribution in [3.8, 4) is 5.75 Å². The van der Waals surface area contributed by atoms with Gasteiger partial charge >= 0.3 is 0 Å². The molecule has 1 aliphatic rings. The number of nitrogens with zero attached hydrogens (tertiary/aromatic N) is 1. The molecule has 2 rings (SSSR count). The number of amides is 2. The van der Waals surface area contributed by atoms with Crippen molar-refractivity contribution in [2.45, 2.75) is 20.0 Å². The molecule has 0 radical (unpaired) electrons. The fourth-order valence-electron chi connectivity index (χ4n) is 2.00. The zero-order valence-corrected chi connectivity index (χ0v) is 12.2. The Morgan fingerprint density at radius 2 is 2.10 bits per heavy atom. The van der Waals surface area contributed by atoms with Crippen LogP contribution in [0.3, 0.4) is 0 Å². The van der Waals surface area contributed by atoms with Gasteiger partial charge in [0.25, 0.3) is 5.91 Å². The van der Waals surface area contributed by atoms with Crippen molar-refractivity contribution < 1.29 is 14.3 Å². The SMILES string of the molecule is CC(C)(CCl)C(=O)N1CC(C(N)=O)Oc2ccccc21. The number of anilines is 1. The third-order valence-corrected chi connectivity index (χ3v) is 3.92. The molecule has 1 unspecified atom stereocenters. The van der Waals surface area contributed by atoms with Crippen LogP contribution in [0.4, 0.5) is 5.69 Å². The highest BCUT2D eigenvalue weighted by Gasteiger charge is 2.38. The summed E-state index contributed by atoms with van der Waals surface area (Å²) in [6, 6.07) is 7.06. The highest BCUT2D eigenvalue weighted by Crippen LogP contribution is 2.36. The maximum absolute atomic E-state index is 12.6. The lowest BCUT2D eigenvalue weighted by Gasteiger charge is -2.37. The van der Waals surface area contributed by atoms with Crippen molar-refractivity contribution in [1.82, 2.24) is 0 Å². The minimum atomic E-state index is -0.847. The van der Waals surface area contributed by atoms with Crippen molar-refractivity contribution in [3.05, 3.63) is 24.3 Å². The first-order chi connectivity index (χ1) is 9.36. The van der Waals surface area contributed by atoms with Crippen molar-refractivity contribution in [2.24, 2.45) is 11.1 Å². The molecule has 0 aromatic heterocycles. The molecule has 1 heterocycles. The van der Waals surface area contributed by atoms with E-state index in [9.17, 15) is 9.59 Å². The van der Waals surface area contributed by atoms with Gasteiger partial charge in [0, 0.05) is 5.88 Å². The van der Waals surface area contributed by atoms with Crippen molar-refractivity contribution in [3.63, 3.8) is 0 Å². The Bertz CT molecular complexity index is 545. The highest BCUT2D eigenvalue weighted by molar-refractivity contribution is 6.20. The van der Waals surface area contributed by atoms with E-state index in [4.69, 9.17) is 22.1 Å². The van der Waals surface area contributed by atoms with Crippen molar-refractivity contribution in [1.29, 1.82) is 0 Å². The maximum atomic E-state index is 12.6. The Morgan fingerprint density at radius 3 is 2.70 bits per heavy atom. The molecule has 2 N–H and O–H groups in total. The normalized spacial score (nSPS) is 18.1. The number of fused-ring (bicyclic) bond motifs is 1. The minimum absolute atomic E-state index is 0.103. The third kappa shape index (κ3) is 2.58. The molecule has 0 aliphatic carbocycles. The van der Waals surface area contributed by atoms with Gasteiger partial charge in [-0.25, -0.2) is 0 Å². The predicted molar refractivity (Wildman–Crippen MR) is 76.9 cm³/mol. The average Bonchev–Trinajstić information content (AvgIpc) is 2.45.